The fourth-order valence-corrected chi connectivity index (χ4v) is 2.72. The molecule has 0 aliphatic rings. The summed E-state index contributed by atoms with van der Waals surface area (Å²) in [5.74, 6) is -1.25. The van der Waals surface area contributed by atoms with Gasteiger partial charge in [0.1, 0.15) is 12.5 Å². The average molecular weight is 367 g/mol. The molecule has 6 nitrogen and oxygen atoms in total. The van der Waals surface area contributed by atoms with Gasteiger partial charge in [-0.15, -0.1) is 0 Å². The molecule has 1 N–H and O–H groups in total. The van der Waals surface area contributed by atoms with Gasteiger partial charge in [0.05, 0.1) is 0 Å². The molecule has 0 aromatic heterocycles. The molecular weight excluding hydrogens is 332 g/mol. The van der Waals surface area contributed by atoms with Crippen LogP contribution in [0.2, 0.25) is 0 Å². The Morgan fingerprint density at radius 2 is 1.81 bits per heavy atom. The number of ether oxygens (including phenoxy) is 1. The monoisotopic (exact) mass is 366 g/mol. The van der Waals surface area contributed by atoms with E-state index in [1.807, 2.05) is 12.2 Å². The highest BCUT2D eigenvalue weighted by Crippen LogP contribution is 2.12. The maximum atomic E-state index is 11.2. The minimum Gasteiger partial charge on any atom is -0.481 e. The van der Waals surface area contributed by atoms with E-state index in [2.05, 4.69) is 11.7 Å². The first-order valence-electron chi connectivity index (χ1n) is 9.75. The summed E-state index contributed by atoms with van der Waals surface area (Å²) < 4.78 is 5.34. The van der Waals surface area contributed by atoms with Crippen molar-refractivity contribution in [3.8, 4) is 0 Å². The van der Waals surface area contributed by atoms with Crippen LogP contribution in [0.15, 0.2) is 12.2 Å². The lowest BCUT2D eigenvalue weighted by Gasteiger charge is -2.13. The van der Waals surface area contributed by atoms with Crippen molar-refractivity contribution in [1.82, 2.24) is 0 Å². The molecule has 0 amide bonds. The largest absolute Gasteiger partial charge is 0.481 e. The molecule has 0 fully saturated rings. The van der Waals surface area contributed by atoms with Gasteiger partial charge in [-0.25, -0.2) is 0 Å². The Hall–Kier alpha value is -1.94. The Balaban J connectivity index is 4.03. The zero-order chi connectivity index (χ0) is 19.6. The lowest BCUT2D eigenvalue weighted by atomic mass is 10.1. The van der Waals surface area contributed by atoms with E-state index in [-0.39, 0.29) is 18.5 Å². The van der Waals surface area contributed by atoms with Crippen LogP contribution in [0.1, 0.15) is 90.9 Å². The van der Waals surface area contributed by atoms with Crippen LogP contribution in [-0.2, 0) is 14.3 Å². The van der Waals surface area contributed by atoms with Crippen molar-refractivity contribution in [2.24, 2.45) is 0 Å². The summed E-state index contributed by atoms with van der Waals surface area (Å²) in [7, 11) is 0. The highest BCUT2D eigenvalue weighted by Gasteiger charge is 2.12. The third kappa shape index (κ3) is 15.6. The summed E-state index contributed by atoms with van der Waals surface area (Å²) in [6.07, 6.45) is 14.6. The standard InChI is InChI=1S/C20H34N2O4/c1-3-4-5-6-7-11-14-19(26-17(2)23)15-12-9-8-10-13-18(22-21)16-20(24)25/h12,15,19H,3-11,13-14,16H2,1-2H3,(H,24,25)/b15-12+/t19-/m1/s1. The van der Waals surface area contributed by atoms with Gasteiger partial charge in [-0.1, -0.05) is 45.1 Å². The summed E-state index contributed by atoms with van der Waals surface area (Å²) in [5.41, 5.74) is 9.04. The van der Waals surface area contributed by atoms with E-state index in [9.17, 15) is 9.59 Å². The van der Waals surface area contributed by atoms with E-state index in [1.165, 1.54) is 39.0 Å². The molecule has 0 aliphatic heterocycles. The first-order chi connectivity index (χ1) is 12.5. The molecule has 6 heteroatoms. The smallest absolute Gasteiger partial charge is 0.314 e. The Bertz CT molecular complexity index is 482. The minimum absolute atomic E-state index is 0.166. The number of esters is 1. The van der Waals surface area contributed by atoms with Gasteiger partial charge in [-0.3, -0.25) is 9.59 Å². The number of hydrogen-bond acceptors (Lipinski definition) is 3. The van der Waals surface area contributed by atoms with Gasteiger partial charge in [-0.2, -0.15) is 4.79 Å². The number of hydrogen-bond donors (Lipinski definition) is 1. The van der Waals surface area contributed by atoms with Crippen LogP contribution >= 0.6 is 0 Å². The van der Waals surface area contributed by atoms with E-state index in [0.29, 0.717) is 12.1 Å². The highest BCUT2D eigenvalue weighted by molar-refractivity contribution is 5.94. The molecular formula is C20H34N2O4. The number of carboxylic acid groups (broad SMARTS) is 1. The Morgan fingerprint density at radius 3 is 2.42 bits per heavy atom. The molecule has 1 atom stereocenters. The topological polar surface area (TPSA) is 100 Å². The third-order valence-corrected chi connectivity index (χ3v) is 4.09. The molecule has 26 heavy (non-hydrogen) atoms. The van der Waals surface area contributed by atoms with Crippen molar-refractivity contribution in [1.29, 1.82) is 0 Å². The molecule has 0 bridgehead atoms. The number of unbranched alkanes of at least 4 members (excludes halogenated alkanes) is 7. The van der Waals surface area contributed by atoms with Gasteiger partial charge in [0.15, 0.2) is 0 Å². The van der Waals surface area contributed by atoms with Crippen molar-refractivity contribution in [2.75, 3.05) is 0 Å². The van der Waals surface area contributed by atoms with Crippen LogP contribution in [0.3, 0.4) is 0 Å². The molecule has 0 aromatic carbocycles. The van der Waals surface area contributed by atoms with Gasteiger partial charge in [0.25, 0.3) is 5.71 Å². The summed E-state index contributed by atoms with van der Waals surface area (Å²) in [4.78, 5) is 24.8. The summed E-state index contributed by atoms with van der Waals surface area (Å²) >= 11 is 0. The molecule has 0 aromatic rings. The SMILES string of the molecule is CCCCCCCC[C@H](/C=C/CCCCC(CC(=O)O)=[N+]=[N-])OC(C)=O. The summed E-state index contributed by atoms with van der Waals surface area (Å²) in [5, 5.41) is 8.68. The number of allylic oxidation sites excluding steroid dienone is 1. The minimum atomic E-state index is -0.989. The number of rotatable bonds is 16. The molecule has 0 rings (SSSR count). The van der Waals surface area contributed by atoms with Crippen molar-refractivity contribution in [3.05, 3.63) is 17.7 Å². The molecule has 0 aliphatic carbocycles. The zero-order valence-electron chi connectivity index (χ0n) is 16.3. The normalized spacial score (nSPS) is 11.9. The Morgan fingerprint density at radius 1 is 1.12 bits per heavy atom. The zero-order valence-corrected chi connectivity index (χ0v) is 16.3. The first kappa shape index (κ1) is 24.1. The highest BCUT2D eigenvalue weighted by atomic mass is 16.5. The average Bonchev–Trinajstić information content (AvgIpc) is 2.58. The lowest BCUT2D eigenvalue weighted by Crippen LogP contribution is -2.13. The van der Waals surface area contributed by atoms with Gasteiger partial charge < -0.3 is 15.4 Å². The molecule has 0 unspecified atom stereocenters. The van der Waals surface area contributed by atoms with E-state index in [4.69, 9.17) is 15.4 Å². The van der Waals surface area contributed by atoms with E-state index in [0.717, 1.165) is 32.1 Å². The molecule has 0 saturated heterocycles. The Labute approximate surface area is 157 Å². The van der Waals surface area contributed by atoms with Crippen molar-refractivity contribution in [2.45, 2.75) is 97.0 Å². The second-order valence-electron chi connectivity index (χ2n) is 6.62. The second kappa shape index (κ2) is 16.5. The van der Waals surface area contributed by atoms with Gasteiger partial charge in [0.2, 0.25) is 0 Å². The van der Waals surface area contributed by atoms with Gasteiger partial charge >= 0.3 is 11.9 Å². The summed E-state index contributed by atoms with van der Waals surface area (Å²) in [6, 6.07) is 0. The molecule has 0 spiro atoms. The fraction of sp³-hybridized carbons (Fsp3) is 0.750. The van der Waals surface area contributed by atoms with Crippen LogP contribution in [0.25, 0.3) is 5.53 Å². The summed E-state index contributed by atoms with van der Waals surface area (Å²) in [6.45, 7) is 3.63. The molecule has 148 valence electrons. The predicted octanol–water partition coefficient (Wildman–Crippen LogP) is 4.93. The van der Waals surface area contributed by atoms with E-state index in [1.54, 1.807) is 0 Å². The van der Waals surface area contributed by atoms with Crippen LogP contribution in [-0.4, -0.2) is 33.7 Å². The second-order valence-corrected chi connectivity index (χ2v) is 6.62. The predicted molar refractivity (Wildman–Crippen MR) is 102 cm³/mol. The van der Waals surface area contributed by atoms with Crippen LogP contribution in [0, 0.1) is 0 Å². The lowest BCUT2D eigenvalue weighted by molar-refractivity contribution is -0.144. The number of carbonyl (C=O) groups is 2. The van der Waals surface area contributed by atoms with Crippen molar-refractivity contribution in [3.63, 3.8) is 0 Å². The van der Waals surface area contributed by atoms with Gasteiger partial charge in [-0.05, 0) is 38.2 Å². The number of aliphatic carboxylic acids is 1. The van der Waals surface area contributed by atoms with Crippen LogP contribution < -0.4 is 0 Å². The fourth-order valence-electron chi connectivity index (χ4n) is 2.72. The quantitative estimate of drug-likeness (QED) is 0.104. The maximum Gasteiger partial charge on any atom is 0.314 e. The van der Waals surface area contributed by atoms with Gasteiger partial charge in [0, 0.05) is 13.3 Å². The van der Waals surface area contributed by atoms with Crippen LogP contribution in [0.5, 0.6) is 0 Å². The van der Waals surface area contributed by atoms with Crippen molar-refractivity contribution >= 4 is 17.7 Å². The number of carboxylic acids is 1. The van der Waals surface area contributed by atoms with E-state index >= 15 is 0 Å². The maximum absolute atomic E-state index is 11.2. The number of nitrogens with zero attached hydrogens (tertiary/aromatic N) is 2. The van der Waals surface area contributed by atoms with Crippen LogP contribution in [0.4, 0.5) is 0 Å². The molecule has 0 radical (unpaired) electrons. The third-order valence-electron chi connectivity index (χ3n) is 4.09. The van der Waals surface area contributed by atoms with Crippen molar-refractivity contribution < 1.29 is 24.2 Å². The Kier molecular flexibility index (Phi) is 15.3. The first-order valence-corrected chi connectivity index (χ1v) is 9.75. The molecule has 0 heterocycles. The molecule has 0 saturated carbocycles. The number of carbonyl (C=O) groups excluding carboxylic acids is 1. The van der Waals surface area contributed by atoms with E-state index < -0.39 is 5.97 Å².